The van der Waals surface area contributed by atoms with Crippen LogP contribution in [0.5, 0.6) is 5.75 Å². The van der Waals surface area contributed by atoms with E-state index in [1.165, 1.54) is 6.21 Å². The Labute approximate surface area is 111 Å². The van der Waals surface area contributed by atoms with Crippen LogP contribution in [0.3, 0.4) is 0 Å². The first-order valence-electron chi connectivity index (χ1n) is 5.96. The van der Waals surface area contributed by atoms with Gasteiger partial charge in [0.15, 0.2) is 5.79 Å². The van der Waals surface area contributed by atoms with Gasteiger partial charge in [0.25, 0.3) is 0 Å². The lowest BCUT2D eigenvalue weighted by atomic mass is 10.2. The molecule has 0 radical (unpaired) electrons. The summed E-state index contributed by atoms with van der Waals surface area (Å²) in [4.78, 5) is 11.6. The summed E-state index contributed by atoms with van der Waals surface area (Å²) >= 11 is 0. The van der Waals surface area contributed by atoms with Crippen molar-refractivity contribution >= 4 is 12.1 Å². The summed E-state index contributed by atoms with van der Waals surface area (Å²) in [6.07, 6.45) is 1.59. The van der Waals surface area contributed by atoms with Crippen LogP contribution in [0, 0.1) is 0 Å². The summed E-state index contributed by atoms with van der Waals surface area (Å²) < 4.78 is 10.7. The maximum absolute atomic E-state index is 11.6. The van der Waals surface area contributed by atoms with E-state index in [-0.39, 0.29) is 18.1 Å². The monoisotopic (exact) mass is 264 g/mol. The number of hydrogen-bond donors (Lipinski definition) is 2. The Kier molecular flexibility index (Phi) is 4.13. The molecule has 1 aliphatic rings. The molecule has 1 aromatic rings. The smallest absolute Gasteiger partial charge is 0.245 e. The van der Waals surface area contributed by atoms with E-state index in [1.54, 1.807) is 31.2 Å². The molecule has 1 fully saturated rings. The lowest BCUT2D eigenvalue weighted by Gasteiger charge is -2.20. The van der Waals surface area contributed by atoms with Crippen LogP contribution < -0.4 is 5.43 Å². The number of hydrazone groups is 1. The van der Waals surface area contributed by atoms with Crippen LogP contribution in [0.15, 0.2) is 29.4 Å². The number of carbonyl (C=O) groups is 1. The first-order valence-corrected chi connectivity index (χ1v) is 5.96. The first-order chi connectivity index (χ1) is 9.07. The number of nitrogens with one attached hydrogen (secondary N) is 1. The molecule has 0 bridgehead atoms. The molecule has 1 heterocycles. The number of ether oxygens (including phenoxy) is 2. The molecule has 1 aliphatic heterocycles. The van der Waals surface area contributed by atoms with E-state index in [9.17, 15) is 4.79 Å². The fourth-order valence-corrected chi connectivity index (χ4v) is 1.73. The third kappa shape index (κ3) is 4.04. The van der Waals surface area contributed by atoms with Crippen LogP contribution in [0.25, 0.3) is 0 Å². The van der Waals surface area contributed by atoms with Crippen molar-refractivity contribution in [1.82, 2.24) is 5.43 Å². The second kappa shape index (κ2) is 5.81. The fraction of sp³-hybridized carbons (Fsp3) is 0.385. The van der Waals surface area contributed by atoms with Crippen LogP contribution in [-0.2, 0) is 14.3 Å². The molecule has 0 spiro atoms. The van der Waals surface area contributed by atoms with Gasteiger partial charge in [0.1, 0.15) is 5.75 Å². The molecule has 19 heavy (non-hydrogen) atoms. The predicted molar refractivity (Wildman–Crippen MR) is 68.8 cm³/mol. The number of carbonyl (C=O) groups excluding carboxylic acids is 1. The number of amides is 1. The molecule has 0 aliphatic carbocycles. The fourth-order valence-electron chi connectivity index (χ4n) is 1.73. The average Bonchev–Trinajstić information content (AvgIpc) is 2.78. The third-order valence-electron chi connectivity index (χ3n) is 2.68. The van der Waals surface area contributed by atoms with Crippen molar-refractivity contribution in [3.8, 4) is 5.75 Å². The summed E-state index contributed by atoms with van der Waals surface area (Å²) in [6, 6.07) is 6.47. The Morgan fingerprint density at radius 1 is 1.42 bits per heavy atom. The third-order valence-corrected chi connectivity index (χ3v) is 2.68. The molecule has 1 amide bonds. The molecule has 102 valence electrons. The number of hydrogen-bond acceptors (Lipinski definition) is 5. The highest BCUT2D eigenvalue weighted by atomic mass is 16.7. The van der Waals surface area contributed by atoms with Crippen LogP contribution >= 0.6 is 0 Å². The van der Waals surface area contributed by atoms with E-state index < -0.39 is 5.79 Å². The summed E-state index contributed by atoms with van der Waals surface area (Å²) in [5, 5.41) is 12.9. The molecule has 6 nitrogen and oxygen atoms in total. The molecule has 6 heteroatoms. The van der Waals surface area contributed by atoms with Gasteiger partial charge in [-0.3, -0.25) is 4.79 Å². The van der Waals surface area contributed by atoms with Gasteiger partial charge in [-0.25, -0.2) is 5.43 Å². The van der Waals surface area contributed by atoms with E-state index in [0.717, 1.165) is 5.56 Å². The largest absolute Gasteiger partial charge is 0.508 e. The van der Waals surface area contributed by atoms with E-state index in [2.05, 4.69) is 10.5 Å². The van der Waals surface area contributed by atoms with E-state index in [4.69, 9.17) is 14.6 Å². The van der Waals surface area contributed by atoms with Gasteiger partial charge in [0, 0.05) is 0 Å². The van der Waals surface area contributed by atoms with Crippen molar-refractivity contribution in [3.63, 3.8) is 0 Å². The minimum Gasteiger partial charge on any atom is -0.508 e. The summed E-state index contributed by atoms with van der Waals surface area (Å²) in [5.74, 6) is -0.943. The van der Waals surface area contributed by atoms with Crippen LogP contribution in [0.4, 0.5) is 0 Å². The van der Waals surface area contributed by atoms with Gasteiger partial charge in [-0.05, 0) is 36.8 Å². The van der Waals surface area contributed by atoms with Gasteiger partial charge >= 0.3 is 0 Å². The number of rotatable bonds is 4. The van der Waals surface area contributed by atoms with Crippen molar-refractivity contribution < 1.29 is 19.4 Å². The Hall–Kier alpha value is -1.92. The molecule has 0 unspecified atom stereocenters. The highest BCUT2D eigenvalue weighted by molar-refractivity contribution is 5.82. The standard InChI is InChI=1S/C13H16N2O4/c1-13(18-6-7-19-13)8-12(17)15-14-9-10-2-4-11(16)5-3-10/h2-5,9,16H,6-8H2,1H3,(H,15,17). The summed E-state index contributed by atoms with van der Waals surface area (Å²) in [5.41, 5.74) is 3.18. The number of phenolic OH excluding ortho intramolecular Hbond substituents is 1. The van der Waals surface area contributed by atoms with Crippen molar-refractivity contribution in [2.75, 3.05) is 13.2 Å². The van der Waals surface area contributed by atoms with Crippen molar-refractivity contribution in [2.45, 2.75) is 19.1 Å². The van der Waals surface area contributed by atoms with E-state index >= 15 is 0 Å². The molecular formula is C13H16N2O4. The van der Waals surface area contributed by atoms with Gasteiger partial charge in [-0.1, -0.05) is 0 Å². The average molecular weight is 264 g/mol. The zero-order valence-electron chi connectivity index (χ0n) is 10.6. The maximum Gasteiger partial charge on any atom is 0.245 e. The highest BCUT2D eigenvalue weighted by Crippen LogP contribution is 2.22. The number of phenols is 1. The highest BCUT2D eigenvalue weighted by Gasteiger charge is 2.33. The Morgan fingerprint density at radius 3 is 2.68 bits per heavy atom. The number of aromatic hydroxyl groups is 1. The predicted octanol–water partition coefficient (Wildman–Crippen LogP) is 0.995. The first kappa shape index (κ1) is 13.5. The SMILES string of the molecule is CC1(CC(=O)NN=Cc2ccc(O)cc2)OCCO1. The van der Waals surface area contributed by atoms with Crippen LogP contribution in [0.1, 0.15) is 18.9 Å². The van der Waals surface area contributed by atoms with E-state index in [0.29, 0.717) is 13.2 Å². The molecule has 0 aromatic heterocycles. The second-order valence-corrected chi connectivity index (χ2v) is 4.39. The molecular weight excluding hydrogens is 248 g/mol. The second-order valence-electron chi connectivity index (χ2n) is 4.39. The molecule has 1 saturated heterocycles. The zero-order chi connectivity index (χ0) is 13.7. The molecule has 2 N–H and O–H groups in total. The van der Waals surface area contributed by atoms with Gasteiger partial charge in [-0.15, -0.1) is 0 Å². The number of benzene rings is 1. The lowest BCUT2D eigenvalue weighted by molar-refractivity contribution is -0.159. The Balaban J connectivity index is 1.81. The molecule has 1 aromatic carbocycles. The van der Waals surface area contributed by atoms with Crippen molar-refractivity contribution in [2.24, 2.45) is 5.10 Å². The van der Waals surface area contributed by atoms with E-state index in [1.807, 2.05) is 0 Å². The van der Waals surface area contributed by atoms with Gasteiger partial charge in [0.05, 0.1) is 25.8 Å². The van der Waals surface area contributed by atoms with Crippen molar-refractivity contribution in [1.29, 1.82) is 0 Å². The van der Waals surface area contributed by atoms with Crippen LogP contribution in [0.2, 0.25) is 0 Å². The van der Waals surface area contributed by atoms with Crippen molar-refractivity contribution in [3.05, 3.63) is 29.8 Å². The zero-order valence-corrected chi connectivity index (χ0v) is 10.6. The lowest BCUT2D eigenvalue weighted by Crippen LogP contribution is -2.33. The molecule has 0 saturated carbocycles. The van der Waals surface area contributed by atoms with Gasteiger partial charge in [-0.2, -0.15) is 5.10 Å². The van der Waals surface area contributed by atoms with Gasteiger partial charge in [0.2, 0.25) is 5.91 Å². The minimum absolute atomic E-state index is 0.0971. The quantitative estimate of drug-likeness (QED) is 0.628. The summed E-state index contributed by atoms with van der Waals surface area (Å²) in [6.45, 7) is 2.73. The Morgan fingerprint density at radius 2 is 2.05 bits per heavy atom. The molecule has 0 atom stereocenters. The topological polar surface area (TPSA) is 80.2 Å². The Bertz CT molecular complexity index is 464. The summed E-state index contributed by atoms with van der Waals surface area (Å²) in [7, 11) is 0. The normalized spacial score (nSPS) is 17.7. The van der Waals surface area contributed by atoms with Gasteiger partial charge < -0.3 is 14.6 Å². The number of nitrogens with zero attached hydrogens (tertiary/aromatic N) is 1. The van der Waals surface area contributed by atoms with Crippen LogP contribution in [-0.4, -0.2) is 36.2 Å². The molecule has 2 rings (SSSR count). The minimum atomic E-state index is -0.849. The maximum atomic E-state index is 11.6.